The minimum Gasteiger partial charge on any atom is -0.433 e. The monoisotopic (exact) mass is 255 g/mol. The van der Waals surface area contributed by atoms with Gasteiger partial charge < -0.3 is 4.74 Å². The van der Waals surface area contributed by atoms with Crippen LogP contribution in [0.1, 0.15) is 5.56 Å². The van der Waals surface area contributed by atoms with E-state index < -0.39 is 5.95 Å². The smallest absolute Gasteiger partial charge is 0.255 e. The minimum absolute atomic E-state index is 0.0454. The normalized spacial score (nSPS) is 10.6. The van der Waals surface area contributed by atoms with E-state index in [0.717, 1.165) is 16.5 Å². The summed E-state index contributed by atoms with van der Waals surface area (Å²) in [6.07, 6.45) is 2.76. The lowest BCUT2D eigenvalue weighted by atomic mass is 10.2. The maximum atomic E-state index is 13.5. The largest absolute Gasteiger partial charge is 0.433 e. The molecule has 0 unspecified atom stereocenters. The zero-order chi connectivity index (χ0) is 13.2. The number of hydrogen-bond donors (Lipinski definition) is 0. The Bertz CT molecular complexity index is 746. The Morgan fingerprint density at radius 3 is 2.84 bits per heavy atom. The average Bonchev–Trinajstić information content (AvgIpc) is 2.42. The van der Waals surface area contributed by atoms with Crippen LogP contribution in [0.5, 0.6) is 11.6 Å². The zero-order valence-electron chi connectivity index (χ0n) is 10.2. The molecule has 19 heavy (non-hydrogen) atoms. The molecular weight excluding hydrogens is 245 g/mol. The predicted octanol–water partition coefficient (Wildman–Crippen LogP) is 3.26. The number of aryl methyl sites for hydroxylation is 1. The first kappa shape index (κ1) is 11.5. The van der Waals surface area contributed by atoms with Crippen molar-refractivity contribution >= 4 is 10.9 Å². The van der Waals surface area contributed by atoms with Crippen LogP contribution < -0.4 is 4.74 Å². The Balaban J connectivity index is 2.10. The first-order valence-corrected chi connectivity index (χ1v) is 5.74. The van der Waals surface area contributed by atoms with Crippen molar-refractivity contribution in [3.05, 3.63) is 54.4 Å². The zero-order valence-corrected chi connectivity index (χ0v) is 10.2. The van der Waals surface area contributed by atoms with Gasteiger partial charge in [-0.2, -0.15) is 4.39 Å². The summed E-state index contributed by atoms with van der Waals surface area (Å²) in [5, 5.41) is 0.741. The molecule has 5 heteroatoms. The van der Waals surface area contributed by atoms with Gasteiger partial charge in [0.05, 0.1) is 10.9 Å². The van der Waals surface area contributed by atoms with Gasteiger partial charge in [-0.05, 0) is 31.2 Å². The van der Waals surface area contributed by atoms with E-state index in [0.29, 0.717) is 5.88 Å². The van der Waals surface area contributed by atoms with E-state index in [1.54, 1.807) is 6.07 Å². The van der Waals surface area contributed by atoms with E-state index in [1.165, 1.54) is 18.6 Å². The van der Waals surface area contributed by atoms with Crippen molar-refractivity contribution in [2.75, 3.05) is 0 Å². The van der Waals surface area contributed by atoms with E-state index in [1.807, 2.05) is 25.1 Å². The molecule has 0 bridgehead atoms. The third-order valence-corrected chi connectivity index (χ3v) is 2.69. The number of fused-ring (bicyclic) bond motifs is 1. The standard InChI is InChI=1S/C14H10FN3O/c1-9-4-5-11-10(7-9)14(18-8-17-11)19-12-3-2-6-16-13(12)15/h2-8H,1H3. The molecule has 0 saturated carbocycles. The van der Waals surface area contributed by atoms with Gasteiger partial charge in [-0.1, -0.05) is 11.6 Å². The lowest BCUT2D eigenvalue weighted by Gasteiger charge is -2.07. The van der Waals surface area contributed by atoms with Crippen LogP contribution in [0, 0.1) is 12.9 Å². The lowest BCUT2D eigenvalue weighted by molar-refractivity contribution is 0.419. The maximum Gasteiger partial charge on any atom is 0.255 e. The molecule has 0 aliphatic rings. The summed E-state index contributed by atoms with van der Waals surface area (Å²) in [5.74, 6) is -0.300. The predicted molar refractivity (Wildman–Crippen MR) is 68.5 cm³/mol. The van der Waals surface area contributed by atoms with E-state index in [4.69, 9.17) is 4.74 Å². The van der Waals surface area contributed by atoms with Crippen LogP contribution >= 0.6 is 0 Å². The number of rotatable bonds is 2. The topological polar surface area (TPSA) is 47.9 Å². The van der Waals surface area contributed by atoms with Crippen molar-refractivity contribution < 1.29 is 9.13 Å². The van der Waals surface area contributed by atoms with Gasteiger partial charge in [-0.3, -0.25) is 0 Å². The van der Waals surface area contributed by atoms with E-state index in [-0.39, 0.29) is 5.75 Å². The van der Waals surface area contributed by atoms with Gasteiger partial charge in [0.15, 0.2) is 5.75 Å². The summed E-state index contributed by atoms with van der Waals surface area (Å²) >= 11 is 0. The molecule has 2 heterocycles. The first-order valence-electron chi connectivity index (χ1n) is 5.74. The van der Waals surface area contributed by atoms with Crippen LogP contribution in [0.15, 0.2) is 42.9 Å². The fourth-order valence-corrected chi connectivity index (χ4v) is 1.78. The summed E-state index contributed by atoms with van der Waals surface area (Å²) in [6.45, 7) is 1.96. The number of nitrogens with zero attached hydrogens (tertiary/aromatic N) is 3. The second kappa shape index (κ2) is 4.61. The molecule has 3 aromatic rings. The second-order valence-corrected chi connectivity index (χ2v) is 4.09. The summed E-state index contributed by atoms with van der Waals surface area (Å²) in [4.78, 5) is 11.7. The fraction of sp³-hybridized carbons (Fsp3) is 0.0714. The molecule has 3 rings (SSSR count). The van der Waals surface area contributed by atoms with Crippen LogP contribution in [0.4, 0.5) is 4.39 Å². The molecule has 1 aromatic carbocycles. The molecule has 94 valence electrons. The van der Waals surface area contributed by atoms with Crippen LogP contribution in [-0.4, -0.2) is 15.0 Å². The Morgan fingerprint density at radius 2 is 2.00 bits per heavy atom. The molecule has 0 atom stereocenters. The number of benzene rings is 1. The van der Waals surface area contributed by atoms with Crippen molar-refractivity contribution in [2.24, 2.45) is 0 Å². The summed E-state index contributed by atoms with van der Waals surface area (Å²) < 4.78 is 19.0. The Kier molecular flexibility index (Phi) is 2.79. The summed E-state index contributed by atoms with van der Waals surface area (Å²) in [7, 11) is 0. The number of pyridine rings is 1. The number of halogens is 1. The molecule has 0 aliphatic heterocycles. The molecule has 4 nitrogen and oxygen atoms in total. The quantitative estimate of drug-likeness (QED) is 0.659. The van der Waals surface area contributed by atoms with Gasteiger partial charge in [0.25, 0.3) is 5.95 Å². The third-order valence-electron chi connectivity index (χ3n) is 2.69. The molecule has 0 radical (unpaired) electrons. The lowest BCUT2D eigenvalue weighted by Crippen LogP contribution is -1.95. The van der Waals surface area contributed by atoms with Gasteiger partial charge in [0.1, 0.15) is 6.33 Å². The number of hydrogen-bond acceptors (Lipinski definition) is 4. The van der Waals surface area contributed by atoms with Gasteiger partial charge in [-0.15, -0.1) is 0 Å². The number of ether oxygens (including phenoxy) is 1. The van der Waals surface area contributed by atoms with Crippen LogP contribution in [0.2, 0.25) is 0 Å². The van der Waals surface area contributed by atoms with Crippen molar-refractivity contribution in [3.63, 3.8) is 0 Å². The molecular formula is C14H10FN3O. The van der Waals surface area contributed by atoms with E-state index >= 15 is 0 Å². The Hall–Kier alpha value is -2.56. The van der Waals surface area contributed by atoms with Crippen molar-refractivity contribution in [1.29, 1.82) is 0 Å². The molecule has 0 fully saturated rings. The van der Waals surface area contributed by atoms with Crippen molar-refractivity contribution in [2.45, 2.75) is 6.92 Å². The van der Waals surface area contributed by atoms with Crippen LogP contribution in [-0.2, 0) is 0 Å². The van der Waals surface area contributed by atoms with Gasteiger partial charge in [-0.25, -0.2) is 15.0 Å². The highest BCUT2D eigenvalue weighted by molar-refractivity contribution is 5.84. The minimum atomic E-state index is -0.665. The molecule has 0 aliphatic carbocycles. The van der Waals surface area contributed by atoms with Crippen molar-refractivity contribution in [3.8, 4) is 11.6 Å². The summed E-state index contributed by atoms with van der Waals surface area (Å²) in [5.41, 5.74) is 1.80. The molecule has 0 N–H and O–H groups in total. The highest BCUT2D eigenvalue weighted by Gasteiger charge is 2.09. The first-order chi connectivity index (χ1) is 9.24. The Labute approximate surface area is 108 Å². The van der Waals surface area contributed by atoms with Crippen LogP contribution in [0.3, 0.4) is 0 Å². The van der Waals surface area contributed by atoms with Gasteiger partial charge in [0.2, 0.25) is 5.88 Å². The maximum absolute atomic E-state index is 13.5. The average molecular weight is 255 g/mol. The van der Waals surface area contributed by atoms with Crippen LogP contribution in [0.25, 0.3) is 10.9 Å². The second-order valence-electron chi connectivity index (χ2n) is 4.09. The molecule has 2 aromatic heterocycles. The third kappa shape index (κ3) is 2.22. The van der Waals surface area contributed by atoms with E-state index in [9.17, 15) is 4.39 Å². The van der Waals surface area contributed by atoms with Gasteiger partial charge >= 0.3 is 0 Å². The molecule has 0 spiro atoms. The highest BCUT2D eigenvalue weighted by Crippen LogP contribution is 2.27. The van der Waals surface area contributed by atoms with E-state index in [2.05, 4.69) is 15.0 Å². The van der Waals surface area contributed by atoms with Crippen molar-refractivity contribution in [1.82, 2.24) is 15.0 Å². The number of aromatic nitrogens is 3. The highest BCUT2D eigenvalue weighted by atomic mass is 19.1. The fourth-order valence-electron chi connectivity index (χ4n) is 1.78. The Morgan fingerprint density at radius 1 is 1.11 bits per heavy atom. The van der Waals surface area contributed by atoms with Gasteiger partial charge in [0, 0.05) is 6.20 Å². The molecule has 0 amide bonds. The molecule has 0 saturated heterocycles. The summed E-state index contributed by atoms with van der Waals surface area (Å²) in [6, 6.07) is 8.83. The SMILES string of the molecule is Cc1ccc2ncnc(Oc3cccnc3F)c2c1.